The lowest BCUT2D eigenvalue weighted by Gasteiger charge is -2.26. The van der Waals surface area contributed by atoms with Crippen LogP contribution in [-0.2, 0) is 19.6 Å². The Morgan fingerprint density at radius 1 is 1.06 bits per heavy atom. The van der Waals surface area contributed by atoms with Crippen molar-refractivity contribution in [2.24, 2.45) is 0 Å². The van der Waals surface area contributed by atoms with Crippen molar-refractivity contribution in [3.8, 4) is 0 Å². The topological polar surface area (TPSA) is 113 Å². The van der Waals surface area contributed by atoms with E-state index in [1.165, 1.54) is 24.6 Å². The van der Waals surface area contributed by atoms with Gasteiger partial charge in [0.2, 0.25) is 10.0 Å². The molecule has 0 saturated carbocycles. The third-order valence-corrected chi connectivity index (χ3v) is 6.66. The number of anilines is 1. The van der Waals surface area contributed by atoms with Crippen LogP contribution in [0.25, 0.3) is 0 Å². The molecule has 1 aromatic carbocycles. The number of ether oxygens (including phenoxy) is 1. The SMILES string of the molecule is CC(C)(C)OC(=O)CN1C(=O)c2ccc(NS(=O)(=O)CCCN3CCCCC3)cc2C1=O. The molecule has 2 amide bonds. The quantitative estimate of drug-likeness (QED) is 0.463. The van der Waals surface area contributed by atoms with Gasteiger partial charge in [-0.1, -0.05) is 6.42 Å². The highest BCUT2D eigenvalue weighted by Crippen LogP contribution is 2.26. The molecule has 176 valence electrons. The fraction of sp³-hybridized carbons (Fsp3) is 0.591. The lowest BCUT2D eigenvalue weighted by Crippen LogP contribution is -2.38. The number of hydrogen-bond donors (Lipinski definition) is 1. The lowest BCUT2D eigenvalue weighted by atomic mass is 10.1. The molecule has 1 fully saturated rings. The highest BCUT2D eigenvalue weighted by atomic mass is 32.2. The first kappa shape index (κ1) is 24.2. The second-order valence-corrected chi connectivity index (χ2v) is 11.1. The first-order chi connectivity index (χ1) is 15.0. The molecule has 9 nitrogen and oxygen atoms in total. The van der Waals surface area contributed by atoms with E-state index < -0.39 is 40.0 Å². The van der Waals surface area contributed by atoms with Gasteiger partial charge in [-0.3, -0.25) is 24.0 Å². The minimum atomic E-state index is -3.60. The Morgan fingerprint density at radius 3 is 2.38 bits per heavy atom. The average Bonchev–Trinajstić information content (AvgIpc) is 2.91. The Morgan fingerprint density at radius 2 is 1.72 bits per heavy atom. The Hall–Kier alpha value is -2.46. The molecule has 1 aromatic rings. The summed E-state index contributed by atoms with van der Waals surface area (Å²) in [5.41, 5.74) is -0.337. The number of piperidine rings is 1. The van der Waals surface area contributed by atoms with Crippen molar-refractivity contribution in [3.05, 3.63) is 29.3 Å². The number of rotatable bonds is 8. The van der Waals surface area contributed by atoms with E-state index in [2.05, 4.69) is 9.62 Å². The van der Waals surface area contributed by atoms with E-state index >= 15 is 0 Å². The van der Waals surface area contributed by atoms with Crippen LogP contribution in [0.15, 0.2) is 18.2 Å². The predicted octanol–water partition coefficient (Wildman–Crippen LogP) is 2.24. The first-order valence-electron chi connectivity index (χ1n) is 10.9. The highest BCUT2D eigenvalue weighted by molar-refractivity contribution is 7.92. The molecule has 0 bridgehead atoms. The number of carbonyl (C=O) groups is 3. The molecule has 0 unspecified atom stereocenters. The monoisotopic (exact) mass is 465 g/mol. The summed E-state index contributed by atoms with van der Waals surface area (Å²) in [7, 11) is -3.60. The summed E-state index contributed by atoms with van der Waals surface area (Å²) in [5.74, 6) is -1.98. The zero-order chi connectivity index (χ0) is 23.5. The molecule has 0 atom stereocenters. The second-order valence-electron chi connectivity index (χ2n) is 9.22. The molecule has 10 heteroatoms. The predicted molar refractivity (Wildman–Crippen MR) is 120 cm³/mol. The maximum absolute atomic E-state index is 12.7. The van der Waals surface area contributed by atoms with Gasteiger partial charge in [-0.05, 0) is 77.9 Å². The number of nitrogens with one attached hydrogen (secondary N) is 1. The molecule has 2 aliphatic heterocycles. The van der Waals surface area contributed by atoms with E-state index in [1.54, 1.807) is 20.8 Å². The van der Waals surface area contributed by atoms with Crippen LogP contribution in [0.3, 0.4) is 0 Å². The van der Waals surface area contributed by atoms with E-state index in [1.807, 2.05) is 0 Å². The van der Waals surface area contributed by atoms with Gasteiger partial charge in [0.1, 0.15) is 12.1 Å². The number of sulfonamides is 1. The van der Waals surface area contributed by atoms with E-state index in [0.29, 0.717) is 6.42 Å². The largest absolute Gasteiger partial charge is 0.459 e. The van der Waals surface area contributed by atoms with Gasteiger partial charge >= 0.3 is 5.97 Å². The Balaban J connectivity index is 1.61. The van der Waals surface area contributed by atoms with Gasteiger partial charge in [0.05, 0.1) is 16.9 Å². The molecule has 1 N–H and O–H groups in total. The molecule has 1 saturated heterocycles. The number of imide groups is 1. The summed E-state index contributed by atoms with van der Waals surface area (Å²) in [6.45, 7) is 7.33. The molecule has 0 aromatic heterocycles. The molecular weight excluding hydrogens is 434 g/mol. The van der Waals surface area contributed by atoms with E-state index in [4.69, 9.17) is 4.74 Å². The zero-order valence-electron chi connectivity index (χ0n) is 18.8. The summed E-state index contributed by atoms with van der Waals surface area (Å²) in [4.78, 5) is 40.4. The molecule has 2 heterocycles. The summed E-state index contributed by atoms with van der Waals surface area (Å²) < 4.78 is 32.6. The molecule has 3 rings (SSSR count). The Kier molecular flexibility index (Phi) is 7.24. The third kappa shape index (κ3) is 6.29. The van der Waals surface area contributed by atoms with Crippen molar-refractivity contribution >= 4 is 33.5 Å². The fourth-order valence-corrected chi connectivity index (χ4v) is 4.99. The summed E-state index contributed by atoms with van der Waals surface area (Å²) in [6.07, 6.45) is 4.04. The van der Waals surface area contributed by atoms with E-state index in [-0.39, 0.29) is 22.6 Å². The van der Waals surface area contributed by atoms with Crippen molar-refractivity contribution < 1.29 is 27.5 Å². The number of nitrogens with zero attached hydrogens (tertiary/aromatic N) is 2. The van der Waals surface area contributed by atoms with Crippen LogP contribution in [-0.4, -0.2) is 73.5 Å². The fourth-order valence-electron chi connectivity index (χ4n) is 3.89. The van der Waals surface area contributed by atoms with Crippen molar-refractivity contribution in [1.29, 1.82) is 0 Å². The maximum atomic E-state index is 12.7. The second kappa shape index (κ2) is 9.58. The van der Waals surface area contributed by atoms with Crippen LogP contribution in [0.5, 0.6) is 0 Å². The lowest BCUT2D eigenvalue weighted by molar-refractivity contribution is -0.155. The number of benzene rings is 1. The van der Waals surface area contributed by atoms with Crippen LogP contribution < -0.4 is 4.72 Å². The van der Waals surface area contributed by atoms with Gasteiger partial charge in [0.25, 0.3) is 11.8 Å². The number of likely N-dealkylation sites (tertiary alicyclic amines) is 1. The van der Waals surface area contributed by atoms with Crippen LogP contribution in [0.2, 0.25) is 0 Å². The van der Waals surface area contributed by atoms with Gasteiger partial charge in [-0.15, -0.1) is 0 Å². The molecule has 0 radical (unpaired) electrons. The van der Waals surface area contributed by atoms with E-state index in [9.17, 15) is 22.8 Å². The van der Waals surface area contributed by atoms with E-state index in [0.717, 1.165) is 37.4 Å². The third-order valence-electron chi connectivity index (χ3n) is 5.29. The summed E-state index contributed by atoms with van der Waals surface area (Å²) >= 11 is 0. The smallest absolute Gasteiger partial charge is 0.326 e. The standard InChI is InChI=1S/C22H31N3O6S/c1-22(2,3)31-19(26)15-25-20(27)17-9-8-16(14-18(17)21(25)28)23-32(29,30)13-7-12-24-10-5-4-6-11-24/h8-9,14,23H,4-7,10-13,15H2,1-3H3. The molecule has 0 aliphatic carbocycles. The highest BCUT2D eigenvalue weighted by Gasteiger charge is 2.38. The van der Waals surface area contributed by atoms with Gasteiger partial charge < -0.3 is 9.64 Å². The number of fused-ring (bicyclic) bond motifs is 1. The van der Waals surface area contributed by atoms with Gasteiger partial charge in [0.15, 0.2) is 0 Å². The molecular formula is C22H31N3O6S. The van der Waals surface area contributed by atoms with Crippen molar-refractivity contribution in [2.45, 2.75) is 52.1 Å². The Bertz CT molecular complexity index is 993. The van der Waals surface area contributed by atoms with Gasteiger partial charge in [-0.2, -0.15) is 0 Å². The van der Waals surface area contributed by atoms with Crippen LogP contribution in [0.1, 0.15) is 67.2 Å². The average molecular weight is 466 g/mol. The number of hydrogen-bond acceptors (Lipinski definition) is 7. The van der Waals surface area contributed by atoms with Gasteiger partial charge in [-0.25, -0.2) is 8.42 Å². The van der Waals surface area contributed by atoms with Crippen LogP contribution >= 0.6 is 0 Å². The molecule has 32 heavy (non-hydrogen) atoms. The minimum absolute atomic E-state index is 0.0295. The number of esters is 1. The Labute approximate surface area is 189 Å². The molecule has 2 aliphatic rings. The van der Waals surface area contributed by atoms with Crippen LogP contribution in [0, 0.1) is 0 Å². The zero-order valence-corrected chi connectivity index (χ0v) is 19.7. The summed E-state index contributed by atoms with van der Waals surface area (Å²) in [6, 6.07) is 4.19. The van der Waals surface area contributed by atoms with Crippen LogP contribution in [0.4, 0.5) is 5.69 Å². The maximum Gasteiger partial charge on any atom is 0.326 e. The summed E-state index contributed by atoms with van der Waals surface area (Å²) in [5, 5.41) is 0. The normalized spacial score (nSPS) is 17.4. The van der Waals surface area contributed by atoms with Gasteiger partial charge in [0, 0.05) is 5.69 Å². The number of carbonyl (C=O) groups excluding carboxylic acids is 3. The van der Waals surface area contributed by atoms with Crippen molar-refractivity contribution in [1.82, 2.24) is 9.80 Å². The molecule has 0 spiro atoms. The van der Waals surface area contributed by atoms with Crippen molar-refractivity contribution in [2.75, 3.05) is 36.7 Å². The number of amides is 2. The first-order valence-corrected chi connectivity index (χ1v) is 12.6. The van der Waals surface area contributed by atoms with Crippen molar-refractivity contribution in [3.63, 3.8) is 0 Å². The minimum Gasteiger partial charge on any atom is -0.459 e.